The van der Waals surface area contributed by atoms with Crippen molar-refractivity contribution in [2.75, 3.05) is 13.7 Å². The molecule has 8 nitrogen and oxygen atoms in total. The van der Waals surface area contributed by atoms with Crippen molar-refractivity contribution in [1.82, 2.24) is 14.8 Å². The molecule has 1 heterocycles. The Labute approximate surface area is 228 Å². The second-order valence-corrected chi connectivity index (χ2v) is 10.3. The van der Waals surface area contributed by atoms with E-state index in [0.717, 1.165) is 16.8 Å². The number of benzene rings is 3. The highest BCUT2D eigenvalue weighted by Gasteiger charge is 2.25. The fourth-order valence-electron chi connectivity index (χ4n) is 3.75. The first-order chi connectivity index (χ1) is 17.7. The van der Waals surface area contributed by atoms with E-state index < -0.39 is 5.25 Å². The summed E-state index contributed by atoms with van der Waals surface area (Å²) in [6.07, 6.45) is 0. The van der Waals surface area contributed by atoms with Crippen LogP contribution in [-0.4, -0.2) is 33.3 Å². The van der Waals surface area contributed by atoms with Crippen molar-refractivity contribution in [1.29, 1.82) is 0 Å². The Morgan fingerprint density at radius 2 is 1.84 bits per heavy atom. The van der Waals surface area contributed by atoms with Gasteiger partial charge in [0.1, 0.15) is 17.7 Å². The molecule has 0 saturated heterocycles. The summed E-state index contributed by atoms with van der Waals surface area (Å²) in [5, 5.41) is 21.0. The van der Waals surface area contributed by atoms with Crippen molar-refractivity contribution in [3.05, 3.63) is 103 Å². The monoisotopic (exact) mass is 558 g/mol. The third-order valence-corrected chi connectivity index (χ3v) is 7.48. The van der Waals surface area contributed by atoms with E-state index >= 15 is 0 Å². The van der Waals surface area contributed by atoms with Gasteiger partial charge in [-0.05, 0) is 66.9 Å². The molecule has 0 radical (unpaired) electrons. The molecule has 1 atom stereocenters. The van der Waals surface area contributed by atoms with E-state index in [1.165, 1.54) is 18.9 Å². The maximum Gasteiger partial charge on any atom is 0.220 e. The van der Waals surface area contributed by atoms with Crippen LogP contribution < -0.4 is 9.47 Å². The van der Waals surface area contributed by atoms with Gasteiger partial charge < -0.3 is 9.47 Å². The predicted octanol–water partition coefficient (Wildman–Crippen LogP) is 6.89. The van der Waals surface area contributed by atoms with Crippen molar-refractivity contribution in [3.63, 3.8) is 0 Å². The normalized spacial score (nSPS) is 11.8. The molecule has 192 valence electrons. The molecular weight excluding hydrogens is 535 g/mol. The van der Waals surface area contributed by atoms with E-state index in [2.05, 4.69) is 10.2 Å². The third kappa shape index (κ3) is 6.54. The zero-order valence-corrected chi connectivity index (χ0v) is 22.7. The lowest BCUT2D eigenvalue weighted by Gasteiger charge is -2.17. The maximum atomic E-state index is 11.6. The number of halogens is 2. The van der Waals surface area contributed by atoms with Crippen molar-refractivity contribution in [3.8, 4) is 17.2 Å². The summed E-state index contributed by atoms with van der Waals surface area (Å²) in [5.74, 6) is 1.65. The highest BCUT2D eigenvalue weighted by atomic mass is 35.5. The summed E-state index contributed by atoms with van der Waals surface area (Å²) in [5.41, 5.74) is 3.53. The topological polar surface area (TPSA) is 92.3 Å². The SMILES string of the molecule is COc1cc([C@H](C[N+](=O)[O-])Sc2nnc(C)n2-c2cccc(C)c2)ccc1OCc1ccc(Cl)c(Cl)c1. The van der Waals surface area contributed by atoms with Crippen molar-refractivity contribution < 1.29 is 14.4 Å². The summed E-state index contributed by atoms with van der Waals surface area (Å²) in [6, 6.07) is 18.5. The van der Waals surface area contributed by atoms with Crippen LogP contribution in [0, 0.1) is 24.0 Å². The summed E-state index contributed by atoms with van der Waals surface area (Å²) in [7, 11) is 1.53. The molecule has 0 saturated carbocycles. The van der Waals surface area contributed by atoms with Gasteiger partial charge in [-0.3, -0.25) is 14.7 Å². The fourth-order valence-corrected chi connectivity index (χ4v) is 5.24. The minimum absolute atomic E-state index is 0.249. The minimum Gasteiger partial charge on any atom is -0.493 e. The molecule has 4 rings (SSSR count). The number of aromatic nitrogens is 3. The summed E-state index contributed by atoms with van der Waals surface area (Å²) < 4.78 is 13.4. The molecule has 0 amide bonds. The second kappa shape index (κ2) is 11.9. The number of aryl methyl sites for hydroxylation is 2. The highest BCUT2D eigenvalue weighted by molar-refractivity contribution is 7.99. The fraction of sp³-hybridized carbons (Fsp3) is 0.231. The van der Waals surface area contributed by atoms with E-state index in [4.69, 9.17) is 32.7 Å². The molecular formula is C26H24Cl2N4O4S. The van der Waals surface area contributed by atoms with Gasteiger partial charge in [-0.15, -0.1) is 10.2 Å². The number of nitrogens with zero attached hydrogens (tertiary/aromatic N) is 4. The van der Waals surface area contributed by atoms with Crippen LogP contribution in [0.3, 0.4) is 0 Å². The van der Waals surface area contributed by atoms with Gasteiger partial charge in [-0.25, -0.2) is 0 Å². The molecule has 0 aliphatic carbocycles. The standard InChI is InChI=1S/C26H24Cl2N4O4S/c1-16-5-4-6-20(11-16)32-17(2)29-30-26(32)37-25(14-31(33)34)19-8-10-23(24(13-19)35-3)36-15-18-7-9-21(27)22(28)12-18/h4-13,25H,14-15H2,1-3H3/t25-/m0/s1. The Kier molecular flexibility index (Phi) is 8.58. The van der Waals surface area contributed by atoms with Gasteiger partial charge in [0.05, 0.1) is 17.2 Å². The number of rotatable bonds is 10. The van der Waals surface area contributed by atoms with Crippen LogP contribution in [0.2, 0.25) is 10.0 Å². The Morgan fingerprint density at radius 1 is 1.03 bits per heavy atom. The van der Waals surface area contributed by atoms with E-state index in [1.54, 1.807) is 30.3 Å². The minimum atomic E-state index is -0.541. The summed E-state index contributed by atoms with van der Waals surface area (Å²) >= 11 is 13.4. The number of thioether (sulfide) groups is 1. The third-order valence-electron chi connectivity index (χ3n) is 5.56. The van der Waals surface area contributed by atoms with Gasteiger partial charge in [0.2, 0.25) is 6.54 Å². The number of ether oxygens (including phenoxy) is 2. The Morgan fingerprint density at radius 3 is 2.54 bits per heavy atom. The molecule has 4 aromatic rings. The molecule has 0 aliphatic rings. The molecule has 0 fully saturated rings. The molecule has 3 aromatic carbocycles. The van der Waals surface area contributed by atoms with Gasteiger partial charge in [-0.2, -0.15) is 0 Å². The van der Waals surface area contributed by atoms with E-state index in [1.807, 2.05) is 48.7 Å². The van der Waals surface area contributed by atoms with Crippen LogP contribution in [0.25, 0.3) is 5.69 Å². The Balaban J connectivity index is 1.60. The molecule has 1 aromatic heterocycles. The van der Waals surface area contributed by atoms with Gasteiger partial charge in [0.25, 0.3) is 0 Å². The number of nitro groups is 1. The quantitative estimate of drug-likeness (QED) is 0.119. The largest absolute Gasteiger partial charge is 0.493 e. The second-order valence-electron chi connectivity index (χ2n) is 8.27. The van der Waals surface area contributed by atoms with Gasteiger partial charge >= 0.3 is 0 Å². The zero-order valence-electron chi connectivity index (χ0n) is 20.4. The van der Waals surface area contributed by atoms with Crippen LogP contribution in [0.15, 0.2) is 65.8 Å². The molecule has 0 aliphatic heterocycles. The van der Waals surface area contributed by atoms with Gasteiger partial charge in [0.15, 0.2) is 16.7 Å². The number of hydrogen-bond acceptors (Lipinski definition) is 7. The lowest BCUT2D eigenvalue weighted by molar-refractivity contribution is -0.479. The molecule has 0 N–H and O–H groups in total. The molecule has 0 spiro atoms. The number of hydrogen-bond donors (Lipinski definition) is 0. The first kappa shape index (κ1) is 26.8. The number of methoxy groups -OCH3 is 1. The molecule has 0 bridgehead atoms. The smallest absolute Gasteiger partial charge is 0.220 e. The molecule has 0 unspecified atom stereocenters. The average Bonchev–Trinajstić information content (AvgIpc) is 3.23. The van der Waals surface area contributed by atoms with Crippen molar-refractivity contribution in [2.45, 2.75) is 30.9 Å². The predicted molar refractivity (Wildman–Crippen MR) is 145 cm³/mol. The van der Waals surface area contributed by atoms with E-state index in [-0.39, 0.29) is 18.1 Å². The van der Waals surface area contributed by atoms with Crippen molar-refractivity contribution in [2.24, 2.45) is 0 Å². The average molecular weight is 559 g/mol. The lowest BCUT2D eigenvalue weighted by atomic mass is 10.1. The van der Waals surface area contributed by atoms with Crippen LogP contribution in [0.5, 0.6) is 11.5 Å². The first-order valence-electron chi connectivity index (χ1n) is 11.3. The van der Waals surface area contributed by atoms with Gasteiger partial charge in [-0.1, -0.05) is 59.2 Å². The van der Waals surface area contributed by atoms with Crippen molar-refractivity contribution >= 4 is 35.0 Å². The van der Waals surface area contributed by atoms with E-state index in [9.17, 15) is 10.1 Å². The first-order valence-corrected chi connectivity index (χ1v) is 12.9. The van der Waals surface area contributed by atoms with Crippen LogP contribution in [0.4, 0.5) is 0 Å². The highest BCUT2D eigenvalue weighted by Crippen LogP contribution is 2.39. The molecule has 11 heteroatoms. The summed E-state index contributed by atoms with van der Waals surface area (Å²) in [4.78, 5) is 11.2. The Bertz CT molecular complexity index is 1430. The summed E-state index contributed by atoms with van der Waals surface area (Å²) in [6.45, 7) is 3.80. The lowest BCUT2D eigenvalue weighted by Crippen LogP contribution is -2.11. The Hall–Kier alpha value is -3.27. The molecule has 37 heavy (non-hydrogen) atoms. The van der Waals surface area contributed by atoms with Crippen LogP contribution in [-0.2, 0) is 6.61 Å². The van der Waals surface area contributed by atoms with Crippen LogP contribution in [0.1, 0.15) is 27.8 Å². The van der Waals surface area contributed by atoms with Crippen LogP contribution >= 0.6 is 35.0 Å². The maximum absolute atomic E-state index is 11.6. The zero-order chi connectivity index (χ0) is 26.5. The van der Waals surface area contributed by atoms with E-state index in [0.29, 0.717) is 38.1 Å². The van der Waals surface area contributed by atoms with Gasteiger partial charge in [0, 0.05) is 10.6 Å².